The molecule has 0 saturated carbocycles. The molecule has 18 amide bonds. The fourth-order valence-corrected chi connectivity index (χ4v) is 19.4. The van der Waals surface area contributed by atoms with Crippen molar-refractivity contribution in [1.29, 1.82) is 0 Å². The number of rotatable bonds is 12. The van der Waals surface area contributed by atoms with Gasteiger partial charge in [-0.05, 0) is 191 Å². The number of imide groups is 6. The molecule has 6 saturated heterocycles. The van der Waals surface area contributed by atoms with Crippen LogP contribution in [0.4, 0.5) is 4.39 Å². The first-order valence-corrected chi connectivity index (χ1v) is 44.3. The number of halogens is 1. The molecule has 32 heteroatoms. The molecule has 12 aliphatic heterocycles. The lowest BCUT2D eigenvalue weighted by Crippen LogP contribution is -2.52. The molecular weight excluding hydrogens is 1650 g/mol. The van der Waals surface area contributed by atoms with Crippen LogP contribution in [0, 0.1) is 19.7 Å². The molecule has 6 fully saturated rings. The number of fused-ring (bicyclic) bond motifs is 6. The van der Waals surface area contributed by atoms with Crippen LogP contribution in [0.15, 0.2) is 85.1 Å². The number of carbonyl (C=O) groups is 18. The minimum Gasteiger partial charge on any atom is -0.322 e. The number of hydrogen-bond acceptors (Lipinski definition) is 19. The maximum absolute atomic E-state index is 14.1. The van der Waals surface area contributed by atoms with Crippen molar-refractivity contribution in [2.24, 2.45) is 0 Å². The predicted molar refractivity (Wildman–Crippen MR) is 467 cm³/mol. The second kappa shape index (κ2) is 38.4. The Bertz CT molecular complexity index is 5430. The van der Waals surface area contributed by atoms with Crippen LogP contribution >= 0.6 is 0 Å². The molecular formula is C97H110FN13O18. The molecule has 0 aliphatic carbocycles. The second-order valence-corrected chi connectivity index (χ2v) is 36.5. The van der Waals surface area contributed by atoms with Crippen molar-refractivity contribution in [3.63, 3.8) is 0 Å². The number of aryl methyl sites for hydroxylation is 2. The standard InChI is InChI=1S/2C17H20N2O3.C16H17FN2O3.2C16H18N2O3.C15H17N3O3/c1-9(2)11-6-10(3)7-12-13(11)8-19(17(12)22)14-4-5-15(20)18-16(14)21;1-9(2)15-10(3)4-5-11-12(15)8-19(17(11)22)13-6-7-14(20)18-16(13)21;1-8(2)9-3-4-11(17)14-10(9)7-19(16(14)22)12-5-6-13(20)18-15(12)21;2*1-9(2)10-4-3-5-11-12(10)8-18(16(11)21)13-6-7-14(19)17-15(13)20;1-8(2)9-5-6-16-13-10(9)7-18(15(13)21)11-3-4-12(19)17-14(11)20/h6-7,9,14H,4-5,8H2,1-3H3,(H,18,20,21);4-5,9,13H,6-8H2,1-3H3,(H,18,20,21);3-4,8,12H,5-7H2,1-2H3,(H,18,20,21);2*3-5,9,13H,6-8H2,1-2H3,(H,17,19,20);5-6,8,11H,3-4,7H2,1-2H3,(H,17,19,20). The van der Waals surface area contributed by atoms with Gasteiger partial charge in [0.05, 0.1) is 5.56 Å². The van der Waals surface area contributed by atoms with Crippen LogP contribution in [0.1, 0.15) is 336 Å². The number of hydrogen-bond donors (Lipinski definition) is 6. The number of aromatic nitrogens is 1. The summed E-state index contributed by atoms with van der Waals surface area (Å²) in [6.45, 7) is 31.3. The molecule has 12 aliphatic rings. The number of nitrogens with one attached hydrogen (secondary N) is 6. The molecule has 0 spiro atoms. The zero-order valence-electron chi connectivity index (χ0n) is 75.1. The van der Waals surface area contributed by atoms with E-state index in [1.807, 2.05) is 81.4 Å². The van der Waals surface area contributed by atoms with Gasteiger partial charge < -0.3 is 29.4 Å². The molecule has 5 aromatic carbocycles. The van der Waals surface area contributed by atoms with Crippen LogP contribution in [-0.4, -0.2) is 177 Å². The van der Waals surface area contributed by atoms with Crippen LogP contribution in [0.5, 0.6) is 0 Å². The Morgan fingerprint density at radius 1 is 0.302 bits per heavy atom. The van der Waals surface area contributed by atoms with Crippen molar-refractivity contribution in [2.45, 2.75) is 285 Å². The highest BCUT2D eigenvalue weighted by atomic mass is 19.1. The number of pyridine rings is 1. The van der Waals surface area contributed by atoms with Crippen LogP contribution in [-0.2, 0) is 96.8 Å². The number of amides is 18. The molecule has 1 aromatic heterocycles. The Morgan fingerprint density at radius 3 is 0.961 bits per heavy atom. The van der Waals surface area contributed by atoms with Gasteiger partial charge in [0.2, 0.25) is 70.9 Å². The summed E-state index contributed by atoms with van der Waals surface area (Å²) in [6, 6.07) is 20.8. The largest absolute Gasteiger partial charge is 0.322 e. The zero-order chi connectivity index (χ0) is 93.5. The lowest BCUT2D eigenvalue weighted by Gasteiger charge is -2.29. The maximum atomic E-state index is 14.1. The van der Waals surface area contributed by atoms with E-state index in [0.717, 1.165) is 61.2 Å². The van der Waals surface area contributed by atoms with Crippen molar-refractivity contribution in [1.82, 2.24) is 66.3 Å². The third kappa shape index (κ3) is 19.1. The van der Waals surface area contributed by atoms with Crippen LogP contribution in [0.3, 0.4) is 0 Å². The summed E-state index contributed by atoms with van der Waals surface area (Å²) in [4.78, 5) is 229. The first kappa shape index (κ1) is 93.5. The molecule has 6 aromatic rings. The van der Waals surface area contributed by atoms with E-state index in [9.17, 15) is 90.7 Å². The smallest absolute Gasteiger partial charge is 0.273 e. The van der Waals surface area contributed by atoms with Gasteiger partial charge in [-0.1, -0.05) is 131 Å². The molecule has 0 bridgehead atoms. The Morgan fingerprint density at radius 2 is 0.605 bits per heavy atom. The lowest BCUT2D eigenvalue weighted by atomic mass is 9.90. The summed E-state index contributed by atoms with van der Waals surface area (Å²) >= 11 is 0. The quantitative estimate of drug-likeness (QED) is 0.0621. The first-order chi connectivity index (χ1) is 61.1. The second-order valence-electron chi connectivity index (χ2n) is 36.5. The van der Waals surface area contributed by atoms with Crippen molar-refractivity contribution >= 4 is 106 Å². The van der Waals surface area contributed by atoms with Crippen molar-refractivity contribution < 1.29 is 90.7 Å². The van der Waals surface area contributed by atoms with E-state index >= 15 is 0 Å². The van der Waals surface area contributed by atoms with E-state index in [4.69, 9.17) is 0 Å². The molecule has 18 rings (SSSR count). The normalized spacial score (nSPS) is 21.6. The number of benzene rings is 5. The molecule has 0 radical (unpaired) electrons. The summed E-state index contributed by atoms with van der Waals surface area (Å²) in [5.41, 5.74) is 17.8. The Kier molecular flexibility index (Phi) is 27.8. The van der Waals surface area contributed by atoms with Gasteiger partial charge in [-0.2, -0.15) is 0 Å². The zero-order valence-corrected chi connectivity index (χ0v) is 75.1. The lowest BCUT2D eigenvalue weighted by molar-refractivity contribution is -0.138. The third-order valence-electron chi connectivity index (χ3n) is 25.9. The van der Waals surface area contributed by atoms with Gasteiger partial charge in [0, 0.05) is 112 Å². The highest BCUT2D eigenvalue weighted by molar-refractivity contribution is 6.11. The van der Waals surface area contributed by atoms with Crippen LogP contribution in [0.25, 0.3) is 0 Å². The van der Waals surface area contributed by atoms with Gasteiger partial charge in [-0.3, -0.25) is 123 Å². The van der Waals surface area contributed by atoms with Gasteiger partial charge in [0.1, 0.15) is 47.8 Å². The molecule has 6 atom stereocenters. The van der Waals surface area contributed by atoms with E-state index in [1.54, 1.807) is 31.9 Å². The fourth-order valence-electron chi connectivity index (χ4n) is 19.4. The predicted octanol–water partition coefficient (Wildman–Crippen LogP) is 9.58. The molecule has 6 unspecified atom stereocenters. The number of nitrogens with zero attached hydrogens (tertiary/aromatic N) is 7. The van der Waals surface area contributed by atoms with E-state index in [0.29, 0.717) is 122 Å². The molecule has 678 valence electrons. The molecule has 13 heterocycles. The highest BCUT2D eigenvalue weighted by Crippen LogP contribution is 2.41. The van der Waals surface area contributed by atoms with Gasteiger partial charge in [0.15, 0.2) is 0 Å². The molecule has 129 heavy (non-hydrogen) atoms. The number of carbonyl (C=O) groups excluding carboxylic acids is 18. The van der Waals surface area contributed by atoms with E-state index < -0.39 is 59.8 Å². The van der Waals surface area contributed by atoms with E-state index in [2.05, 4.69) is 119 Å². The Hall–Kier alpha value is -13.2. The van der Waals surface area contributed by atoms with Gasteiger partial charge >= 0.3 is 0 Å². The SMILES string of the molecule is CC(C)c1ccc(F)c2c1CN(C1CCC(=O)NC1=O)C2=O.CC(C)c1cccc2c1CN(C1CCC(=O)NC1=O)C2=O.CC(C)c1cccc2c1CN(C1CCC(=O)NC1=O)C2=O.CC(C)c1ccnc2c1CN(C1CCC(=O)NC1=O)C2=O.Cc1cc2c(c(C(C)C)c1)CN(C1CCC(=O)NC1=O)C2=O.Cc1ccc2c(c1C(C)C)CN(C1CCC(=O)NC1=O)C2=O. The van der Waals surface area contributed by atoms with Crippen LogP contribution < -0.4 is 31.9 Å². The van der Waals surface area contributed by atoms with Gasteiger partial charge in [-0.25, -0.2) is 4.39 Å². The fraction of sp³-hybridized carbons (Fsp3) is 0.454. The summed E-state index contributed by atoms with van der Waals surface area (Å²) < 4.78 is 14.1. The summed E-state index contributed by atoms with van der Waals surface area (Å²) in [6.07, 6.45) is 5.51. The number of piperidine rings is 6. The van der Waals surface area contributed by atoms with E-state index in [-0.39, 0.29) is 157 Å². The summed E-state index contributed by atoms with van der Waals surface area (Å²) in [5, 5.41) is 13.8. The monoisotopic (exact) mass is 1760 g/mol. The summed E-state index contributed by atoms with van der Waals surface area (Å²) in [7, 11) is 0. The van der Waals surface area contributed by atoms with Crippen molar-refractivity contribution in [3.05, 3.63) is 202 Å². The van der Waals surface area contributed by atoms with E-state index in [1.165, 1.54) is 27.0 Å². The first-order valence-electron chi connectivity index (χ1n) is 44.3. The minimum atomic E-state index is -0.711. The third-order valence-corrected chi connectivity index (χ3v) is 25.9. The average Bonchev–Trinajstić information content (AvgIpc) is 1.64. The highest BCUT2D eigenvalue weighted by Gasteiger charge is 2.48. The van der Waals surface area contributed by atoms with Gasteiger partial charge in [0.25, 0.3) is 35.4 Å². The Balaban J connectivity index is 0.000000132. The minimum absolute atomic E-state index is 0.0656. The Labute approximate surface area is 746 Å². The molecule has 6 N–H and O–H groups in total. The van der Waals surface area contributed by atoms with Gasteiger partial charge in [-0.15, -0.1) is 0 Å². The van der Waals surface area contributed by atoms with Crippen molar-refractivity contribution in [3.8, 4) is 0 Å². The average molecular weight is 1770 g/mol. The summed E-state index contributed by atoms with van der Waals surface area (Å²) in [5.74, 6) is -3.90. The maximum Gasteiger partial charge on any atom is 0.273 e. The molecule has 31 nitrogen and oxygen atoms in total. The van der Waals surface area contributed by atoms with Crippen LogP contribution in [0.2, 0.25) is 0 Å². The topological polar surface area (TPSA) is 412 Å². The van der Waals surface area contributed by atoms with Crippen molar-refractivity contribution in [2.75, 3.05) is 0 Å².